The van der Waals surface area contributed by atoms with E-state index in [1.807, 2.05) is 43.5 Å². The minimum atomic E-state index is -0.693. The van der Waals surface area contributed by atoms with Crippen LogP contribution in [0.25, 0.3) is 44.1 Å². The number of imide groups is 1. The number of hydrogen-bond acceptors (Lipinski definition) is 7. The number of benzene rings is 3. The van der Waals surface area contributed by atoms with Crippen LogP contribution in [-0.4, -0.2) is 68.5 Å². The summed E-state index contributed by atoms with van der Waals surface area (Å²) < 4.78 is 0. The number of nitrogens with zero attached hydrogens (tertiary/aromatic N) is 3. The summed E-state index contributed by atoms with van der Waals surface area (Å²) in [6, 6.07) is 20.5. The van der Waals surface area contributed by atoms with Crippen molar-refractivity contribution in [2.24, 2.45) is 0 Å². The zero-order valence-electron chi connectivity index (χ0n) is 32.4. The molecule has 3 aromatic heterocycles. The zero-order valence-corrected chi connectivity index (χ0v) is 32.4. The fourth-order valence-corrected chi connectivity index (χ4v) is 7.77. The Balaban J connectivity index is 0.928. The van der Waals surface area contributed by atoms with Crippen LogP contribution in [0.15, 0.2) is 85.3 Å². The van der Waals surface area contributed by atoms with Gasteiger partial charge in [0.2, 0.25) is 11.8 Å². The molecule has 12 heteroatoms. The van der Waals surface area contributed by atoms with Gasteiger partial charge >= 0.3 is 0 Å². The molecule has 1 atom stereocenters. The smallest absolute Gasteiger partial charge is 0.269 e. The van der Waals surface area contributed by atoms with E-state index in [-0.39, 0.29) is 48.2 Å². The lowest BCUT2D eigenvalue weighted by Crippen LogP contribution is -2.52. The molecule has 2 aliphatic rings. The Morgan fingerprint density at radius 1 is 0.914 bits per heavy atom. The van der Waals surface area contributed by atoms with Crippen LogP contribution in [0, 0.1) is 11.8 Å². The van der Waals surface area contributed by atoms with Gasteiger partial charge in [0, 0.05) is 84.0 Å². The number of nitrogens with one attached hydrogen (secondary N) is 4. The molecular formula is C46H41N7O5. The number of carbonyl (C=O) groups is 5. The predicted octanol–water partition coefficient (Wildman–Crippen LogP) is 6.25. The van der Waals surface area contributed by atoms with E-state index < -0.39 is 11.9 Å². The van der Waals surface area contributed by atoms with E-state index >= 15 is 0 Å². The Bertz CT molecular complexity index is 2720. The van der Waals surface area contributed by atoms with Gasteiger partial charge in [0.15, 0.2) is 0 Å². The average Bonchev–Trinajstić information content (AvgIpc) is 3.81. The second-order valence-electron chi connectivity index (χ2n) is 14.8. The maximum atomic E-state index is 13.1. The van der Waals surface area contributed by atoms with Gasteiger partial charge in [-0.2, -0.15) is 0 Å². The number of pyridine rings is 2. The number of hydrogen-bond donors (Lipinski definition) is 4. The lowest BCUT2D eigenvalue weighted by Gasteiger charge is -2.29. The van der Waals surface area contributed by atoms with Gasteiger partial charge in [-0.25, -0.2) is 0 Å². The molecule has 4 N–H and O–H groups in total. The van der Waals surface area contributed by atoms with E-state index in [1.165, 1.54) is 4.90 Å². The number of aromatic nitrogens is 3. The molecule has 1 fully saturated rings. The van der Waals surface area contributed by atoms with Crippen molar-refractivity contribution in [1.82, 2.24) is 35.8 Å². The molecule has 290 valence electrons. The summed E-state index contributed by atoms with van der Waals surface area (Å²) in [6.07, 6.45) is 6.13. The quantitative estimate of drug-likeness (QED) is 0.0766. The van der Waals surface area contributed by atoms with Crippen LogP contribution in [0.5, 0.6) is 0 Å². The van der Waals surface area contributed by atoms with Crippen LogP contribution < -0.4 is 16.0 Å². The van der Waals surface area contributed by atoms with Gasteiger partial charge in [-0.3, -0.25) is 39.3 Å². The van der Waals surface area contributed by atoms with Crippen LogP contribution in [0.3, 0.4) is 0 Å². The lowest BCUT2D eigenvalue weighted by atomic mass is 9.91. The van der Waals surface area contributed by atoms with E-state index in [1.54, 1.807) is 30.6 Å². The Labute approximate surface area is 334 Å². The van der Waals surface area contributed by atoms with Gasteiger partial charge in [0.05, 0.1) is 11.3 Å². The molecule has 0 bridgehead atoms. The molecule has 2 aliphatic heterocycles. The summed E-state index contributed by atoms with van der Waals surface area (Å²) in [6.45, 7) is 7.28. The van der Waals surface area contributed by atoms with Crippen molar-refractivity contribution in [3.8, 4) is 34.2 Å². The standard InChI is InChI=1S/C46H41N7O5/c1-4-47-43(55)36-24-51-42-33(26(2)3)19-30(20-34(36)42)31-12-8-11-28-21-39(50-23-35(28)31)29-14-15-38(49-22-29)44(56)48-18-6-5-9-27-10-7-13-32-37(27)25-53(46(32)58)40-16-17-41(54)52-45(40)57/h7-8,10-15,19-24,26,40,51H,4,6,16-18,25H2,1-3H3,(H,47,55)(H,48,56)(H,52,54,57). The summed E-state index contributed by atoms with van der Waals surface area (Å²) in [5.41, 5.74) is 8.42. The highest BCUT2D eigenvalue weighted by atomic mass is 16.2. The Kier molecular flexibility index (Phi) is 10.3. The van der Waals surface area contributed by atoms with Crippen LogP contribution in [0.4, 0.5) is 0 Å². The maximum absolute atomic E-state index is 13.1. The van der Waals surface area contributed by atoms with Gasteiger partial charge < -0.3 is 20.5 Å². The highest BCUT2D eigenvalue weighted by Gasteiger charge is 2.39. The van der Waals surface area contributed by atoms with Gasteiger partial charge in [0.1, 0.15) is 11.7 Å². The average molecular weight is 772 g/mol. The van der Waals surface area contributed by atoms with E-state index in [0.29, 0.717) is 42.6 Å². The molecule has 12 nitrogen and oxygen atoms in total. The Hall–Kier alpha value is -7.13. The van der Waals surface area contributed by atoms with Crippen molar-refractivity contribution < 1.29 is 24.0 Å². The third-order valence-corrected chi connectivity index (χ3v) is 10.7. The van der Waals surface area contributed by atoms with Crippen molar-refractivity contribution in [3.63, 3.8) is 0 Å². The van der Waals surface area contributed by atoms with E-state index in [9.17, 15) is 24.0 Å². The molecular weight excluding hydrogens is 731 g/mol. The van der Waals surface area contributed by atoms with Crippen molar-refractivity contribution >= 4 is 51.2 Å². The minimum absolute atomic E-state index is 0.109. The summed E-state index contributed by atoms with van der Waals surface area (Å²) >= 11 is 0. The van der Waals surface area contributed by atoms with Crippen LogP contribution >= 0.6 is 0 Å². The molecule has 1 saturated heterocycles. The molecule has 6 aromatic rings. The van der Waals surface area contributed by atoms with Gasteiger partial charge in [-0.15, -0.1) is 0 Å². The van der Waals surface area contributed by atoms with Gasteiger partial charge in [-0.1, -0.05) is 50.0 Å². The molecule has 5 heterocycles. The molecule has 0 radical (unpaired) electrons. The minimum Gasteiger partial charge on any atom is -0.360 e. The number of amides is 5. The molecule has 5 amide bonds. The number of carbonyl (C=O) groups excluding carboxylic acids is 5. The Morgan fingerprint density at radius 3 is 2.52 bits per heavy atom. The molecule has 8 rings (SSSR count). The Morgan fingerprint density at radius 2 is 1.74 bits per heavy atom. The maximum Gasteiger partial charge on any atom is 0.269 e. The molecule has 0 spiro atoms. The first-order chi connectivity index (χ1) is 28.1. The number of aromatic amines is 1. The highest BCUT2D eigenvalue weighted by Crippen LogP contribution is 2.37. The van der Waals surface area contributed by atoms with Crippen molar-refractivity contribution in [1.29, 1.82) is 0 Å². The third-order valence-electron chi connectivity index (χ3n) is 10.7. The fraction of sp³-hybridized carbons (Fsp3) is 0.239. The van der Waals surface area contributed by atoms with E-state index in [2.05, 4.69) is 69.8 Å². The fourth-order valence-electron chi connectivity index (χ4n) is 7.77. The van der Waals surface area contributed by atoms with Crippen LogP contribution in [0.1, 0.15) is 93.8 Å². The number of piperidine rings is 1. The number of rotatable bonds is 9. The summed E-state index contributed by atoms with van der Waals surface area (Å²) in [5.74, 6) is 4.96. The van der Waals surface area contributed by atoms with Crippen LogP contribution in [-0.2, 0) is 16.1 Å². The van der Waals surface area contributed by atoms with Crippen LogP contribution in [0.2, 0.25) is 0 Å². The molecule has 58 heavy (non-hydrogen) atoms. The van der Waals surface area contributed by atoms with Crippen molar-refractivity contribution in [2.45, 2.75) is 58.5 Å². The number of H-pyrrole nitrogens is 1. The SMILES string of the molecule is CCNC(=O)c1c[nH]c2c(C(C)C)cc(-c3cccc4cc(-c5ccc(C(=O)NCCC#Cc6cccc7c6CN(C6CCC(=O)NC6=O)C7=O)nc5)ncc34)cc12. The normalized spacial score (nSPS) is 15.0. The molecule has 0 saturated carbocycles. The first kappa shape index (κ1) is 37.8. The van der Waals surface area contributed by atoms with Crippen molar-refractivity contribution in [2.75, 3.05) is 13.1 Å². The predicted molar refractivity (Wildman–Crippen MR) is 221 cm³/mol. The summed E-state index contributed by atoms with van der Waals surface area (Å²) in [5, 5.41) is 11.0. The topological polar surface area (TPSA) is 166 Å². The van der Waals surface area contributed by atoms with Gasteiger partial charge in [0.25, 0.3) is 17.7 Å². The molecule has 3 aromatic carbocycles. The second kappa shape index (κ2) is 15.8. The monoisotopic (exact) mass is 771 g/mol. The van der Waals surface area contributed by atoms with Gasteiger partial charge in [-0.05, 0) is 89.4 Å². The summed E-state index contributed by atoms with van der Waals surface area (Å²) in [4.78, 5) is 77.1. The first-order valence-electron chi connectivity index (χ1n) is 19.4. The van der Waals surface area contributed by atoms with E-state index in [0.717, 1.165) is 55.2 Å². The van der Waals surface area contributed by atoms with E-state index in [4.69, 9.17) is 4.98 Å². The largest absolute Gasteiger partial charge is 0.360 e. The molecule has 0 aliphatic carbocycles. The highest BCUT2D eigenvalue weighted by molar-refractivity contribution is 6.10. The lowest BCUT2D eigenvalue weighted by molar-refractivity contribution is -0.136. The summed E-state index contributed by atoms with van der Waals surface area (Å²) in [7, 11) is 0. The second-order valence-corrected chi connectivity index (χ2v) is 14.8. The molecule has 1 unspecified atom stereocenters. The third kappa shape index (κ3) is 7.18. The first-order valence-corrected chi connectivity index (χ1v) is 19.4. The number of fused-ring (bicyclic) bond motifs is 3. The zero-order chi connectivity index (χ0) is 40.5. The van der Waals surface area contributed by atoms with Crippen molar-refractivity contribution in [3.05, 3.63) is 119 Å².